The predicted octanol–water partition coefficient (Wildman–Crippen LogP) is 4.15. The first-order valence-electron chi connectivity index (χ1n) is 8.19. The van der Waals surface area contributed by atoms with Gasteiger partial charge in [-0.05, 0) is 16.7 Å². The largest absolute Gasteiger partial charge is 0.321 e. The van der Waals surface area contributed by atoms with E-state index in [-0.39, 0.29) is 5.78 Å². The molecule has 3 heteroatoms. The van der Waals surface area contributed by atoms with Crippen molar-refractivity contribution in [2.75, 3.05) is 5.75 Å². The lowest BCUT2D eigenvalue weighted by molar-refractivity contribution is 0.0970. The van der Waals surface area contributed by atoms with E-state index in [1.54, 1.807) is 0 Å². The quantitative estimate of drug-likeness (QED) is 0.400. The number of Topliss-reactive ketones (excluding diaryl/α,β-unsaturated/α-hetero) is 1. The van der Waals surface area contributed by atoms with Crippen molar-refractivity contribution in [1.82, 2.24) is 0 Å². The summed E-state index contributed by atoms with van der Waals surface area (Å²) in [5, 5.41) is 0. The summed E-state index contributed by atoms with van der Waals surface area (Å²) >= 11 is 4.10. The number of ketones is 1. The molecule has 1 radical (unpaired) electrons. The molecule has 0 unspecified atom stereocenters. The summed E-state index contributed by atoms with van der Waals surface area (Å²) in [4.78, 5) is 12.2. The van der Waals surface area contributed by atoms with E-state index in [2.05, 4.69) is 36.9 Å². The highest BCUT2D eigenvalue weighted by molar-refractivity contribution is 7.80. The molecule has 0 bridgehead atoms. The van der Waals surface area contributed by atoms with Crippen LogP contribution in [-0.2, 0) is 0 Å². The van der Waals surface area contributed by atoms with Gasteiger partial charge in [0, 0.05) is 11.3 Å². The van der Waals surface area contributed by atoms with Gasteiger partial charge in [0.2, 0.25) is 0 Å². The van der Waals surface area contributed by atoms with E-state index in [1.807, 2.05) is 60.7 Å². The maximum absolute atomic E-state index is 12.2. The van der Waals surface area contributed by atoms with E-state index in [4.69, 9.17) is 5.73 Å². The van der Waals surface area contributed by atoms with E-state index >= 15 is 0 Å². The Morgan fingerprint density at radius 2 is 1.12 bits per heavy atom. The number of rotatable bonds is 6. The van der Waals surface area contributed by atoms with Crippen LogP contribution in [0.4, 0.5) is 0 Å². The molecule has 0 aliphatic rings. The molecule has 2 N–H and O–H groups in total. The Morgan fingerprint density at radius 1 is 0.720 bits per heavy atom. The molecular weight excluding hydrogens is 326 g/mol. The molecule has 0 aromatic heterocycles. The Labute approximate surface area is 154 Å². The van der Waals surface area contributed by atoms with Crippen LogP contribution in [0, 0.1) is 5.92 Å². The van der Waals surface area contributed by atoms with Gasteiger partial charge in [0.15, 0.2) is 5.78 Å². The third-order valence-electron chi connectivity index (χ3n) is 4.12. The van der Waals surface area contributed by atoms with Gasteiger partial charge < -0.3 is 5.73 Å². The van der Waals surface area contributed by atoms with Crippen molar-refractivity contribution in [2.24, 2.45) is 5.73 Å². The highest BCUT2D eigenvalue weighted by Gasteiger charge is 2.19. The molecule has 0 heterocycles. The third kappa shape index (κ3) is 4.01. The predicted molar refractivity (Wildman–Crippen MR) is 106 cm³/mol. The van der Waals surface area contributed by atoms with Gasteiger partial charge in [0.05, 0.1) is 12.0 Å². The lowest BCUT2D eigenvalue weighted by Crippen LogP contribution is -2.32. The molecule has 1 atom stereocenters. The van der Waals surface area contributed by atoms with Gasteiger partial charge in [0.1, 0.15) is 0 Å². The maximum Gasteiger partial charge on any atom is 0.180 e. The fourth-order valence-electron chi connectivity index (χ4n) is 2.81. The zero-order valence-corrected chi connectivity index (χ0v) is 14.7. The number of benzene rings is 3. The molecule has 2 nitrogen and oxygen atoms in total. The van der Waals surface area contributed by atoms with Crippen LogP contribution in [0.2, 0.25) is 0 Å². The van der Waals surface area contributed by atoms with Crippen molar-refractivity contribution >= 4 is 18.4 Å². The number of hydrogen-bond acceptors (Lipinski definition) is 3. The van der Waals surface area contributed by atoms with Crippen molar-refractivity contribution in [1.29, 1.82) is 0 Å². The molecule has 0 spiro atoms. The summed E-state index contributed by atoms with van der Waals surface area (Å²) in [6.07, 6.45) is 0. The minimum atomic E-state index is -0.569. The molecule has 0 saturated carbocycles. The Kier molecular flexibility index (Phi) is 5.69. The maximum atomic E-state index is 12.2. The number of carbonyl (C=O) groups is 1. The molecule has 0 saturated heterocycles. The number of hydrogen-bond donors (Lipinski definition) is 2. The Bertz CT molecular complexity index is 776. The van der Waals surface area contributed by atoms with Crippen LogP contribution >= 0.6 is 12.6 Å². The van der Waals surface area contributed by atoms with Crippen LogP contribution in [0.25, 0.3) is 0 Å². The summed E-state index contributed by atoms with van der Waals surface area (Å²) in [6, 6.07) is 27.6. The van der Waals surface area contributed by atoms with E-state index in [9.17, 15) is 4.79 Å². The average molecular weight is 346 g/mol. The summed E-state index contributed by atoms with van der Waals surface area (Å²) in [5.41, 5.74) is 9.75. The lowest BCUT2D eigenvalue weighted by Gasteiger charge is -2.18. The van der Waals surface area contributed by atoms with Crippen molar-refractivity contribution in [3.05, 3.63) is 113 Å². The van der Waals surface area contributed by atoms with Crippen LogP contribution in [-0.4, -0.2) is 17.6 Å². The summed E-state index contributed by atoms with van der Waals surface area (Å²) in [5.74, 6) is 1.40. The first kappa shape index (κ1) is 17.5. The topological polar surface area (TPSA) is 43.1 Å². The van der Waals surface area contributed by atoms with Gasteiger partial charge in [-0.1, -0.05) is 84.9 Å². The van der Waals surface area contributed by atoms with Gasteiger partial charge in [-0.3, -0.25) is 4.79 Å². The Balaban J connectivity index is 1.99. The second-order valence-electron chi connectivity index (χ2n) is 5.84. The minimum Gasteiger partial charge on any atom is -0.321 e. The summed E-state index contributed by atoms with van der Waals surface area (Å²) < 4.78 is 0. The van der Waals surface area contributed by atoms with Crippen LogP contribution in [0.15, 0.2) is 84.9 Å². The summed E-state index contributed by atoms with van der Waals surface area (Å²) in [7, 11) is 0. The third-order valence-corrected chi connectivity index (χ3v) is 4.51. The minimum absolute atomic E-state index is 0.0810. The summed E-state index contributed by atoms with van der Waals surface area (Å²) in [6.45, 7) is 0. The first-order chi connectivity index (χ1) is 12.2. The Hall–Kier alpha value is -2.36. The van der Waals surface area contributed by atoms with Crippen LogP contribution in [0.1, 0.15) is 27.0 Å². The Morgan fingerprint density at radius 3 is 1.56 bits per heavy atom. The molecule has 0 fully saturated rings. The average Bonchev–Trinajstić information content (AvgIpc) is 2.69. The van der Waals surface area contributed by atoms with Crippen molar-refractivity contribution in [3.63, 3.8) is 0 Å². The van der Waals surface area contributed by atoms with Crippen molar-refractivity contribution < 1.29 is 4.79 Å². The normalized spacial score (nSPS) is 12.1. The van der Waals surface area contributed by atoms with E-state index < -0.39 is 6.04 Å². The van der Waals surface area contributed by atoms with Crippen molar-refractivity contribution in [2.45, 2.75) is 6.04 Å². The van der Waals surface area contributed by atoms with Gasteiger partial charge in [0.25, 0.3) is 0 Å². The molecule has 3 aromatic rings. The number of nitrogens with two attached hydrogens (primary N) is 1. The van der Waals surface area contributed by atoms with Gasteiger partial charge >= 0.3 is 0 Å². The monoisotopic (exact) mass is 346 g/mol. The van der Waals surface area contributed by atoms with E-state index in [0.29, 0.717) is 11.3 Å². The van der Waals surface area contributed by atoms with E-state index in [0.717, 1.165) is 22.6 Å². The second kappa shape index (κ2) is 8.15. The zero-order chi connectivity index (χ0) is 17.6. The van der Waals surface area contributed by atoms with E-state index in [1.165, 1.54) is 0 Å². The lowest BCUT2D eigenvalue weighted by atomic mass is 9.84. The van der Waals surface area contributed by atoms with Crippen LogP contribution < -0.4 is 5.73 Å². The SMILES string of the molecule is N[C@H](CS)C(=O)c1ccc([C](c2ccccc2)c2ccccc2)cc1. The highest BCUT2D eigenvalue weighted by Crippen LogP contribution is 2.30. The zero-order valence-electron chi connectivity index (χ0n) is 13.8. The number of thiol groups is 1. The number of carbonyl (C=O) groups excluding carboxylic acids is 1. The first-order valence-corrected chi connectivity index (χ1v) is 8.83. The fraction of sp³-hybridized carbons (Fsp3) is 0.0909. The molecule has 3 aromatic carbocycles. The molecule has 25 heavy (non-hydrogen) atoms. The molecular formula is C22H20NOS. The smallest absolute Gasteiger partial charge is 0.180 e. The van der Waals surface area contributed by atoms with Gasteiger partial charge in [-0.2, -0.15) is 12.6 Å². The molecule has 125 valence electrons. The van der Waals surface area contributed by atoms with Crippen LogP contribution in [0.3, 0.4) is 0 Å². The van der Waals surface area contributed by atoms with Crippen molar-refractivity contribution in [3.8, 4) is 0 Å². The molecule has 0 aliphatic heterocycles. The standard InChI is InChI=1S/C22H20NOS/c23-20(15-25)22(24)19-13-11-18(12-14-19)21(16-7-3-1-4-8-16)17-9-5-2-6-10-17/h1-14,20,25H,15,23H2/t20-/m1/s1. The highest BCUT2D eigenvalue weighted by atomic mass is 32.1. The molecule has 0 amide bonds. The van der Waals surface area contributed by atoms with Gasteiger partial charge in [-0.15, -0.1) is 0 Å². The molecule has 3 rings (SSSR count). The fourth-order valence-corrected chi connectivity index (χ4v) is 2.97. The van der Waals surface area contributed by atoms with Crippen LogP contribution in [0.5, 0.6) is 0 Å². The molecule has 0 aliphatic carbocycles. The second-order valence-corrected chi connectivity index (χ2v) is 6.20. The van der Waals surface area contributed by atoms with Gasteiger partial charge in [-0.25, -0.2) is 0 Å².